The molecule has 4 aromatic heterocycles. The van der Waals surface area contributed by atoms with E-state index in [1.54, 1.807) is 11.3 Å². The van der Waals surface area contributed by atoms with Crippen LogP contribution in [0.25, 0.3) is 97.9 Å². The molecule has 0 saturated heterocycles. The maximum Gasteiger partial charge on any atom is 0.335 e. The first kappa shape index (κ1) is 31.0. The Bertz CT molecular complexity index is 3450. The van der Waals surface area contributed by atoms with Crippen molar-refractivity contribution in [3.8, 4) is 34.0 Å². The second-order valence-electron chi connectivity index (χ2n) is 14.2. The summed E-state index contributed by atoms with van der Waals surface area (Å²) in [5.41, 5.74) is 11.9. The van der Waals surface area contributed by atoms with E-state index in [2.05, 4.69) is 179 Å². The molecule has 0 amide bonds. The number of aromatic nitrogens is 4. The highest BCUT2D eigenvalue weighted by molar-refractivity contribution is 7.26. The van der Waals surface area contributed by atoms with Gasteiger partial charge in [0.2, 0.25) is 0 Å². The molecule has 0 unspecified atom stereocenters. The van der Waals surface area contributed by atoms with Crippen molar-refractivity contribution >= 4 is 87.2 Å². The second-order valence-corrected chi connectivity index (χ2v) is 15.3. The number of nitrogens with zero attached hydrogens (tertiary/aromatic N) is 5. The van der Waals surface area contributed by atoms with Gasteiger partial charge in [-0.15, -0.1) is 11.3 Å². The first-order chi connectivity index (χ1) is 27.8. The van der Waals surface area contributed by atoms with Gasteiger partial charge < -0.3 is 4.57 Å². The molecule has 0 saturated carbocycles. The van der Waals surface area contributed by atoms with Crippen molar-refractivity contribution in [2.45, 2.75) is 0 Å². The van der Waals surface area contributed by atoms with Crippen molar-refractivity contribution in [3.05, 3.63) is 182 Å². The molecule has 1 aliphatic heterocycles. The number of hydrogen-bond donors (Lipinski definition) is 0. The Labute approximate surface area is 325 Å². The van der Waals surface area contributed by atoms with Gasteiger partial charge in [0.1, 0.15) is 0 Å². The summed E-state index contributed by atoms with van der Waals surface area (Å²) >= 11 is 1.75. The van der Waals surface area contributed by atoms with Crippen molar-refractivity contribution < 1.29 is 0 Å². The molecule has 0 fully saturated rings. The lowest BCUT2D eigenvalue weighted by Crippen LogP contribution is -2.02. The zero-order valence-corrected chi connectivity index (χ0v) is 30.8. The average molecular weight is 733 g/mol. The second kappa shape index (κ2) is 12.1. The summed E-state index contributed by atoms with van der Waals surface area (Å²) < 4.78 is 11.6. The molecule has 7 aromatic carbocycles. The summed E-state index contributed by atoms with van der Waals surface area (Å²) in [6.45, 7) is 0. The van der Waals surface area contributed by atoms with Crippen LogP contribution in [0.1, 0.15) is 5.56 Å². The minimum Gasteiger partial charge on any atom is -0.309 e. The molecule has 0 radical (unpaired) electrons. The van der Waals surface area contributed by atoms with Crippen molar-refractivity contribution in [3.63, 3.8) is 0 Å². The topological polar surface area (TPSA) is 49.7 Å². The number of benzene rings is 7. The fourth-order valence-corrected chi connectivity index (χ4v) is 9.74. The van der Waals surface area contributed by atoms with Gasteiger partial charge in [-0.3, -0.25) is 4.57 Å². The highest BCUT2D eigenvalue weighted by Gasteiger charge is 2.25. The van der Waals surface area contributed by atoms with Crippen LogP contribution in [-0.4, -0.2) is 31.0 Å². The molecule has 0 spiro atoms. The molecule has 56 heavy (non-hydrogen) atoms. The zero-order valence-electron chi connectivity index (χ0n) is 30.0. The predicted molar refractivity (Wildman–Crippen MR) is 236 cm³/mol. The van der Waals surface area contributed by atoms with Crippen LogP contribution in [0.5, 0.6) is 0 Å². The first-order valence-electron chi connectivity index (χ1n) is 18.8. The van der Waals surface area contributed by atoms with E-state index in [1.165, 1.54) is 21.7 Å². The SMILES string of the molecule is C1=CC(c2cc3sc4c(-n5c6ccccc6c6ccccc65)nc(-c5ccc6c(c5)c5ccccc5n6-c5ccccc5)nc4c3cc2-c2ccccc2)=[N+]=C1. The predicted octanol–water partition coefficient (Wildman–Crippen LogP) is 11.9. The van der Waals surface area contributed by atoms with Crippen LogP contribution in [0.3, 0.4) is 0 Å². The number of hydrogen-bond acceptors (Lipinski definition) is 3. The maximum absolute atomic E-state index is 5.56. The Morgan fingerprint density at radius 1 is 0.482 bits per heavy atom. The molecule has 1 aliphatic rings. The maximum atomic E-state index is 5.56. The van der Waals surface area contributed by atoms with Gasteiger partial charge in [-0.25, -0.2) is 9.97 Å². The molecular formula is C50H30N5S+. The lowest BCUT2D eigenvalue weighted by atomic mass is 9.95. The van der Waals surface area contributed by atoms with Gasteiger partial charge in [-0.2, -0.15) is 0 Å². The largest absolute Gasteiger partial charge is 0.335 e. The van der Waals surface area contributed by atoms with Crippen LogP contribution in [0, 0.1) is 0 Å². The Morgan fingerprint density at radius 3 is 1.80 bits per heavy atom. The van der Waals surface area contributed by atoms with Gasteiger partial charge in [-0.05, 0) is 71.8 Å². The van der Waals surface area contributed by atoms with E-state index in [0.29, 0.717) is 5.82 Å². The van der Waals surface area contributed by atoms with Gasteiger partial charge in [-0.1, -0.05) is 108 Å². The highest BCUT2D eigenvalue weighted by Crippen LogP contribution is 2.43. The molecule has 260 valence electrons. The minimum absolute atomic E-state index is 0.690. The molecule has 0 atom stereocenters. The third-order valence-corrected chi connectivity index (χ3v) is 12.2. The minimum atomic E-state index is 0.690. The van der Waals surface area contributed by atoms with Crippen LogP contribution in [0.15, 0.2) is 176 Å². The van der Waals surface area contributed by atoms with Crippen molar-refractivity contribution in [2.75, 3.05) is 0 Å². The molecule has 12 rings (SSSR count). The summed E-state index contributed by atoms with van der Waals surface area (Å²) in [4.78, 5) is 11.1. The summed E-state index contributed by atoms with van der Waals surface area (Å²) in [6.07, 6.45) is 5.96. The Morgan fingerprint density at radius 2 is 1.11 bits per heavy atom. The van der Waals surface area contributed by atoms with E-state index in [0.717, 1.165) is 81.7 Å². The van der Waals surface area contributed by atoms with Gasteiger partial charge in [0.15, 0.2) is 11.6 Å². The van der Waals surface area contributed by atoms with Gasteiger partial charge in [0, 0.05) is 55.0 Å². The summed E-state index contributed by atoms with van der Waals surface area (Å²) in [7, 11) is 0. The number of fused-ring (bicyclic) bond motifs is 9. The van der Waals surface area contributed by atoms with Gasteiger partial charge in [0.05, 0.1) is 37.8 Å². The Hall–Kier alpha value is -7.37. The standard InChI is InChI=1S/C50H30N5S/c1-3-14-31(15-4-1)37-29-40-46(30-38(37)41-21-13-27-51-41)56-48-47(40)52-49(53-50(48)55-43-23-11-7-18-34(43)35-19-8-12-24-44(35)55)32-25-26-45-39(28-32)36-20-9-10-22-42(36)54(45)33-16-5-2-6-17-33/h1-30H/q+1. The van der Waals surface area contributed by atoms with Gasteiger partial charge in [0.25, 0.3) is 6.21 Å². The van der Waals surface area contributed by atoms with Gasteiger partial charge >= 0.3 is 5.71 Å². The van der Waals surface area contributed by atoms with Crippen LogP contribution in [-0.2, 0) is 0 Å². The van der Waals surface area contributed by atoms with Crippen LogP contribution in [0.4, 0.5) is 0 Å². The monoisotopic (exact) mass is 732 g/mol. The van der Waals surface area contributed by atoms with Crippen molar-refractivity contribution in [1.82, 2.24) is 23.8 Å². The summed E-state index contributed by atoms with van der Waals surface area (Å²) in [5.74, 6) is 1.57. The quantitative estimate of drug-likeness (QED) is 0.165. The summed E-state index contributed by atoms with van der Waals surface area (Å²) in [6, 6.07) is 58.4. The number of allylic oxidation sites excluding steroid dienone is 2. The van der Waals surface area contributed by atoms with Crippen LogP contribution >= 0.6 is 11.3 Å². The van der Waals surface area contributed by atoms with Crippen molar-refractivity contribution in [1.29, 1.82) is 0 Å². The fraction of sp³-hybridized carbons (Fsp3) is 0. The summed E-state index contributed by atoms with van der Waals surface area (Å²) in [5, 5.41) is 5.86. The van der Waals surface area contributed by atoms with Crippen molar-refractivity contribution in [2.24, 2.45) is 0 Å². The Kier molecular flexibility index (Phi) is 6.69. The molecule has 0 N–H and O–H groups in total. The number of para-hydroxylation sites is 4. The van der Waals surface area contributed by atoms with E-state index in [-0.39, 0.29) is 0 Å². The Balaban J connectivity index is 1.19. The normalized spacial score (nSPS) is 12.7. The average Bonchev–Trinajstić information content (AvgIpc) is 4.06. The molecule has 0 bridgehead atoms. The highest BCUT2D eigenvalue weighted by atomic mass is 32.1. The van der Waals surface area contributed by atoms with Crippen LogP contribution < -0.4 is 4.67 Å². The zero-order chi connectivity index (χ0) is 36.7. The first-order valence-corrected chi connectivity index (χ1v) is 19.6. The van der Waals surface area contributed by atoms with E-state index in [9.17, 15) is 0 Å². The molecule has 6 heteroatoms. The van der Waals surface area contributed by atoms with E-state index in [1.807, 2.05) is 12.3 Å². The van der Waals surface area contributed by atoms with E-state index < -0.39 is 0 Å². The lowest BCUT2D eigenvalue weighted by molar-refractivity contribution is 1.08. The third kappa shape index (κ3) is 4.58. The van der Waals surface area contributed by atoms with Crippen LogP contribution in [0.2, 0.25) is 0 Å². The lowest BCUT2D eigenvalue weighted by Gasteiger charge is -2.11. The third-order valence-electron chi connectivity index (χ3n) is 11.1. The van der Waals surface area contributed by atoms with E-state index >= 15 is 0 Å². The number of thiophene rings is 1. The van der Waals surface area contributed by atoms with E-state index in [4.69, 9.17) is 14.6 Å². The molecule has 0 aliphatic carbocycles. The molecule has 11 aromatic rings. The molecular weight excluding hydrogens is 703 g/mol. The fourth-order valence-electron chi connectivity index (χ4n) is 8.60. The molecule has 5 nitrogen and oxygen atoms in total. The smallest absolute Gasteiger partial charge is 0.309 e. The number of rotatable bonds is 5. The molecule has 5 heterocycles.